The molecule has 1 aromatic rings. The van der Waals surface area contributed by atoms with Gasteiger partial charge in [0, 0.05) is 6.20 Å². The van der Waals surface area contributed by atoms with Crippen molar-refractivity contribution in [1.82, 2.24) is 4.98 Å². The summed E-state index contributed by atoms with van der Waals surface area (Å²) < 4.78 is 65.1. The lowest BCUT2D eigenvalue weighted by Gasteiger charge is -2.04. The van der Waals surface area contributed by atoms with Gasteiger partial charge in [-0.15, -0.1) is 0 Å². The number of halogens is 3. The Labute approximate surface area is 77.1 Å². The second-order valence-electron chi connectivity index (χ2n) is 2.35. The maximum Gasteiger partial charge on any atom is 0.433 e. The standard InChI is InChI=1S/C6H4F3NO3S/c7-6(8,9)5-2-1-4(3-10-5)14(11,12)13/h1-3H,(H,11,12,13). The Bertz CT molecular complexity index is 423. The first-order valence-electron chi connectivity index (χ1n) is 3.22. The number of aromatic nitrogens is 1. The van der Waals surface area contributed by atoms with Crippen LogP contribution in [-0.4, -0.2) is 18.0 Å². The van der Waals surface area contributed by atoms with Crippen molar-refractivity contribution in [2.45, 2.75) is 11.1 Å². The fourth-order valence-corrected chi connectivity index (χ4v) is 1.13. The van der Waals surface area contributed by atoms with E-state index in [1.165, 1.54) is 0 Å². The van der Waals surface area contributed by atoms with Crippen molar-refractivity contribution in [2.24, 2.45) is 0 Å². The molecule has 4 nitrogen and oxygen atoms in total. The number of nitrogens with zero attached hydrogens (tertiary/aromatic N) is 1. The molecule has 1 aromatic heterocycles. The van der Waals surface area contributed by atoms with Crippen LogP contribution >= 0.6 is 0 Å². The predicted molar refractivity (Wildman–Crippen MR) is 39.1 cm³/mol. The van der Waals surface area contributed by atoms with Crippen LogP contribution in [0.2, 0.25) is 0 Å². The van der Waals surface area contributed by atoms with E-state index in [0.29, 0.717) is 18.3 Å². The zero-order valence-electron chi connectivity index (χ0n) is 6.49. The highest BCUT2D eigenvalue weighted by Crippen LogP contribution is 2.27. The van der Waals surface area contributed by atoms with Crippen molar-refractivity contribution < 1.29 is 26.1 Å². The van der Waals surface area contributed by atoms with Gasteiger partial charge in [-0.05, 0) is 12.1 Å². The molecule has 8 heteroatoms. The van der Waals surface area contributed by atoms with Gasteiger partial charge in [-0.1, -0.05) is 0 Å². The van der Waals surface area contributed by atoms with Gasteiger partial charge < -0.3 is 0 Å². The van der Waals surface area contributed by atoms with Crippen LogP contribution in [0.25, 0.3) is 0 Å². The third-order valence-corrected chi connectivity index (χ3v) is 2.16. The highest BCUT2D eigenvalue weighted by atomic mass is 32.2. The van der Waals surface area contributed by atoms with Gasteiger partial charge >= 0.3 is 6.18 Å². The summed E-state index contributed by atoms with van der Waals surface area (Å²) in [6.07, 6.45) is -4.18. The molecule has 0 fully saturated rings. The molecular formula is C6H4F3NO3S. The van der Waals surface area contributed by atoms with Crippen molar-refractivity contribution in [3.63, 3.8) is 0 Å². The normalized spacial score (nSPS) is 12.9. The van der Waals surface area contributed by atoms with E-state index >= 15 is 0 Å². The van der Waals surface area contributed by atoms with Gasteiger partial charge in [0.15, 0.2) is 0 Å². The summed E-state index contributed by atoms with van der Waals surface area (Å²) in [5.74, 6) is 0. The van der Waals surface area contributed by atoms with E-state index in [2.05, 4.69) is 4.98 Å². The maximum atomic E-state index is 11.9. The average Bonchev–Trinajstić information content (AvgIpc) is 2.01. The summed E-state index contributed by atoms with van der Waals surface area (Å²) in [5, 5.41) is 0. The molecule has 0 unspecified atom stereocenters. The topological polar surface area (TPSA) is 67.3 Å². The Kier molecular flexibility index (Phi) is 2.50. The molecule has 0 spiro atoms. The van der Waals surface area contributed by atoms with Crippen LogP contribution in [0.15, 0.2) is 23.2 Å². The van der Waals surface area contributed by atoms with Crippen LogP contribution in [-0.2, 0) is 16.3 Å². The van der Waals surface area contributed by atoms with E-state index in [0.717, 1.165) is 0 Å². The van der Waals surface area contributed by atoms with E-state index in [1.807, 2.05) is 0 Å². The number of alkyl halides is 3. The molecule has 0 atom stereocenters. The number of hydrogen-bond acceptors (Lipinski definition) is 3. The van der Waals surface area contributed by atoms with E-state index < -0.39 is 26.9 Å². The minimum Gasteiger partial charge on any atom is -0.282 e. The molecular weight excluding hydrogens is 223 g/mol. The second kappa shape index (κ2) is 3.21. The van der Waals surface area contributed by atoms with Crippen LogP contribution in [0.1, 0.15) is 5.69 Å². The first-order chi connectivity index (χ1) is 6.21. The molecule has 0 amide bonds. The number of pyridine rings is 1. The van der Waals surface area contributed by atoms with Crippen LogP contribution in [0.4, 0.5) is 13.2 Å². The highest BCUT2D eigenvalue weighted by molar-refractivity contribution is 7.85. The SMILES string of the molecule is O=S(=O)(O)c1ccc(C(F)(F)F)nc1. The quantitative estimate of drug-likeness (QED) is 0.735. The summed E-state index contributed by atoms with van der Waals surface area (Å²) in [6, 6.07) is 1.11. The lowest BCUT2D eigenvalue weighted by molar-refractivity contribution is -0.141. The van der Waals surface area contributed by atoms with Gasteiger partial charge in [0.05, 0.1) is 0 Å². The Balaban J connectivity index is 3.14. The first-order valence-corrected chi connectivity index (χ1v) is 4.66. The van der Waals surface area contributed by atoms with Crippen LogP contribution < -0.4 is 0 Å². The van der Waals surface area contributed by atoms with Gasteiger partial charge in [0.1, 0.15) is 10.6 Å². The van der Waals surface area contributed by atoms with Crippen molar-refractivity contribution in [3.05, 3.63) is 24.0 Å². The van der Waals surface area contributed by atoms with E-state index in [4.69, 9.17) is 4.55 Å². The zero-order chi connectivity index (χ0) is 11.0. The molecule has 0 aliphatic rings. The Hall–Kier alpha value is -1.15. The lowest BCUT2D eigenvalue weighted by Crippen LogP contribution is -2.08. The molecule has 1 heterocycles. The smallest absolute Gasteiger partial charge is 0.282 e. The summed E-state index contributed by atoms with van der Waals surface area (Å²) in [6.45, 7) is 0. The first kappa shape index (κ1) is 10.9. The minimum absolute atomic E-state index is 0.443. The van der Waals surface area contributed by atoms with E-state index in [1.54, 1.807) is 0 Å². The zero-order valence-corrected chi connectivity index (χ0v) is 7.30. The molecule has 0 aliphatic carbocycles. The molecule has 0 aromatic carbocycles. The van der Waals surface area contributed by atoms with Crippen molar-refractivity contribution in [2.75, 3.05) is 0 Å². The average molecular weight is 227 g/mol. The van der Waals surface area contributed by atoms with Gasteiger partial charge in [-0.2, -0.15) is 21.6 Å². The number of hydrogen-bond donors (Lipinski definition) is 1. The monoisotopic (exact) mass is 227 g/mol. The molecule has 0 aliphatic heterocycles. The summed E-state index contributed by atoms with van der Waals surface area (Å²) in [4.78, 5) is 2.18. The fraction of sp³-hybridized carbons (Fsp3) is 0.167. The largest absolute Gasteiger partial charge is 0.433 e. The molecule has 0 bridgehead atoms. The number of rotatable bonds is 1. The third kappa shape index (κ3) is 2.42. The minimum atomic E-state index is -4.63. The van der Waals surface area contributed by atoms with Crippen LogP contribution in [0.5, 0.6) is 0 Å². The Morgan fingerprint density at radius 3 is 2.14 bits per heavy atom. The van der Waals surface area contributed by atoms with Crippen molar-refractivity contribution in [1.29, 1.82) is 0 Å². The maximum absolute atomic E-state index is 11.9. The van der Waals surface area contributed by atoms with Gasteiger partial charge in [0.25, 0.3) is 10.1 Å². The molecule has 78 valence electrons. The summed E-state index contributed by atoms with van der Waals surface area (Å²) >= 11 is 0. The molecule has 1 N–H and O–H groups in total. The second-order valence-corrected chi connectivity index (χ2v) is 3.77. The summed E-state index contributed by atoms with van der Waals surface area (Å²) in [5.41, 5.74) is -1.22. The van der Waals surface area contributed by atoms with Gasteiger partial charge in [-0.3, -0.25) is 9.54 Å². The van der Waals surface area contributed by atoms with Crippen LogP contribution in [0.3, 0.4) is 0 Å². The van der Waals surface area contributed by atoms with Crippen LogP contribution in [0, 0.1) is 0 Å². The molecule has 0 saturated carbocycles. The van der Waals surface area contributed by atoms with Crippen molar-refractivity contribution in [3.8, 4) is 0 Å². The predicted octanol–water partition coefficient (Wildman–Crippen LogP) is 1.35. The Morgan fingerprint density at radius 1 is 1.29 bits per heavy atom. The molecule has 0 radical (unpaired) electrons. The molecule has 1 rings (SSSR count). The third-order valence-electron chi connectivity index (χ3n) is 1.32. The van der Waals surface area contributed by atoms with E-state index in [9.17, 15) is 21.6 Å². The molecule has 14 heavy (non-hydrogen) atoms. The molecule has 0 saturated heterocycles. The van der Waals surface area contributed by atoms with Gasteiger partial charge in [-0.25, -0.2) is 0 Å². The van der Waals surface area contributed by atoms with E-state index in [-0.39, 0.29) is 0 Å². The fourth-order valence-electron chi connectivity index (χ4n) is 0.701. The lowest BCUT2D eigenvalue weighted by atomic mass is 10.3. The van der Waals surface area contributed by atoms with Gasteiger partial charge in [0.2, 0.25) is 0 Å². The highest BCUT2D eigenvalue weighted by Gasteiger charge is 2.32. The summed E-state index contributed by atoms with van der Waals surface area (Å²) in [7, 11) is -4.49. The van der Waals surface area contributed by atoms with Crippen molar-refractivity contribution >= 4 is 10.1 Å². The Morgan fingerprint density at radius 2 is 1.86 bits per heavy atom.